The highest BCUT2D eigenvalue weighted by Crippen LogP contribution is 2.09. The number of ether oxygens (including phenoxy) is 1. The molecule has 0 amide bonds. The smallest absolute Gasteiger partial charge is 0.312 e. The fraction of sp³-hybridized carbons (Fsp3) is 0.700. The molecule has 0 bridgehead atoms. The van der Waals surface area contributed by atoms with Crippen molar-refractivity contribution in [2.45, 2.75) is 45.4 Å². The lowest BCUT2D eigenvalue weighted by Gasteiger charge is -2.00. The van der Waals surface area contributed by atoms with Crippen LogP contribution in [0.5, 0.6) is 5.88 Å². The maximum Gasteiger partial charge on any atom is 0.312 e. The number of hydrogen-bond donors (Lipinski definition) is 0. The van der Waals surface area contributed by atoms with Gasteiger partial charge in [-0.2, -0.15) is 4.37 Å². The van der Waals surface area contributed by atoms with Gasteiger partial charge in [-0.3, -0.25) is 4.79 Å². The summed E-state index contributed by atoms with van der Waals surface area (Å²) >= 11 is 1.04. The largest absolute Gasteiger partial charge is 0.405 e. The topological polar surface area (TPSA) is 52.1 Å². The molecule has 0 aliphatic heterocycles. The molecule has 0 unspecified atom stereocenters. The molecule has 0 saturated carbocycles. The molecule has 0 N–H and O–H groups in total. The van der Waals surface area contributed by atoms with Crippen molar-refractivity contribution in [2.75, 3.05) is 0 Å². The van der Waals surface area contributed by atoms with E-state index in [9.17, 15) is 4.79 Å². The number of unbranched alkanes of at least 4 members (excludes halogenated alkanes) is 4. The zero-order chi connectivity index (χ0) is 10.9. The summed E-state index contributed by atoms with van der Waals surface area (Å²) in [6.45, 7) is 2.17. The van der Waals surface area contributed by atoms with Crippen molar-refractivity contribution in [2.24, 2.45) is 0 Å². The van der Waals surface area contributed by atoms with Gasteiger partial charge in [-0.1, -0.05) is 32.6 Å². The van der Waals surface area contributed by atoms with Crippen molar-refractivity contribution in [3.05, 3.63) is 6.20 Å². The predicted molar refractivity (Wildman–Crippen MR) is 58.9 cm³/mol. The molecule has 1 aromatic heterocycles. The highest BCUT2D eigenvalue weighted by Gasteiger charge is 2.05. The molecule has 0 radical (unpaired) electrons. The first-order valence-corrected chi connectivity index (χ1v) is 6.04. The van der Waals surface area contributed by atoms with E-state index < -0.39 is 0 Å². The molecule has 0 aliphatic rings. The van der Waals surface area contributed by atoms with Crippen LogP contribution >= 0.6 is 11.7 Å². The molecule has 84 valence electrons. The molecule has 0 aliphatic carbocycles. The van der Waals surface area contributed by atoms with Crippen molar-refractivity contribution in [1.29, 1.82) is 0 Å². The van der Waals surface area contributed by atoms with Crippen LogP contribution < -0.4 is 4.74 Å². The second-order valence-electron chi connectivity index (χ2n) is 3.38. The lowest BCUT2D eigenvalue weighted by molar-refractivity contribution is -0.134. The van der Waals surface area contributed by atoms with Gasteiger partial charge < -0.3 is 4.74 Å². The summed E-state index contributed by atoms with van der Waals surface area (Å²) in [5.41, 5.74) is 0. The van der Waals surface area contributed by atoms with Crippen LogP contribution in [0.2, 0.25) is 0 Å². The molecule has 1 aromatic rings. The minimum absolute atomic E-state index is 0.209. The highest BCUT2D eigenvalue weighted by molar-refractivity contribution is 6.99. The monoisotopic (exact) mass is 228 g/mol. The van der Waals surface area contributed by atoms with Crippen molar-refractivity contribution >= 4 is 17.7 Å². The first-order valence-electron chi connectivity index (χ1n) is 5.31. The molecule has 0 fully saturated rings. The number of nitrogens with zero attached hydrogens (tertiary/aromatic N) is 2. The number of carbonyl (C=O) groups is 1. The van der Waals surface area contributed by atoms with E-state index in [1.807, 2.05) is 0 Å². The molecular weight excluding hydrogens is 212 g/mol. The molecule has 4 nitrogen and oxygen atoms in total. The summed E-state index contributed by atoms with van der Waals surface area (Å²) in [6.07, 6.45) is 7.58. The van der Waals surface area contributed by atoms with E-state index in [1.54, 1.807) is 0 Å². The Morgan fingerprint density at radius 1 is 1.40 bits per heavy atom. The quantitative estimate of drug-likeness (QED) is 0.532. The number of hydrogen-bond acceptors (Lipinski definition) is 5. The molecule has 0 atom stereocenters. The van der Waals surface area contributed by atoms with Gasteiger partial charge >= 0.3 is 5.97 Å². The molecule has 1 rings (SSSR count). The van der Waals surface area contributed by atoms with Crippen LogP contribution in [-0.2, 0) is 4.79 Å². The zero-order valence-corrected chi connectivity index (χ0v) is 9.76. The summed E-state index contributed by atoms with van der Waals surface area (Å²) in [5.74, 6) is 0.109. The summed E-state index contributed by atoms with van der Waals surface area (Å²) in [5, 5.41) is 0. The van der Waals surface area contributed by atoms with Crippen LogP contribution in [0.4, 0.5) is 0 Å². The highest BCUT2D eigenvalue weighted by atomic mass is 32.1. The Labute approximate surface area is 94.0 Å². The minimum atomic E-state index is -0.209. The summed E-state index contributed by atoms with van der Waals surface area (Å²) < 4.78 is 12.5. The maximum absolute atomic E-state index is 11.3. The fourth-order valence-corrected chi connectivity index (χ4v) is 1.59. The first-order chi connectivity index (χ1) is 7.33. The molecule has 5 heteroatoms. The molecule has 0 saturated heterocycles. The minimum Gasteiger partial charge on any atom is -0.405 e. The Morgan fingerprint density at radius 3 is 2.87 bits per heavy atom. The zero-order valence-electron chi connectivity index (χ0n) is 8.94. The third kappa shape index (κ3) is 5.47. The SMILES string of the molecule is CCCCCCCC(=O)Oc1cnsn1. The molecule has 15 heavy (non-hydrogen) atoms. The number of rotatable bonds is 7. The van der Waals surface area contributed by atoms with Gasteiger partial charge in [0.2, 0.25) is 0 Å². The Morgan fingerprint density at radius 2 is 2.20 bits per heavy atom. The Hall–Kier alpha value is -0.970. The Bertz CT molecular complexity index is 275. The average Bonchev–Trinajstić information content (AvgIpc) is 2.70. The van der Waals surface area contributed by atoms with E-state index in [2.05, 4.69) is 15.7 Å². The van der Waals surface area contributed by atoms with Crippen molar-refractivity contribution in [3.63, 3.8) is 0 Å². The number of esters is 1. The van der Waals surface area contributed by atoms with Gasteiger partial charge in [0.25, 0.3) is 5.88 Å². The average molecular weight is 228 g/mol. The summed E-state index contributed by atoms with van der Waals surface area (Å²) in [4.78, 5) is 11.3. The van der Waals surface area contributed by atoms with E-state index in [-0.39, 0.29) is 5.97 Å². The van der Waals surface area contributed by atoms with E-state index in [4.69, 9.17) is 4.74 Å². The van der Waals surface area contributed by atoms with E-state index >= 15 is 0 Å². The molecular formula is C10H16N2O2S. The van der Waals surface area contributed by atoms with Crippen molar-refractivity contribution in [3.8, 4) is 5.88 Å². The molecule has 1 heterocycles. The van der Waals surface area contributed by atoms with E-state index in [1.165, 1.54) is 25.5 Å². The fourth-order valence-electron chi connectivity index (χ4n) is 1.24. The van der Waals surface area contributed by atoms with Gasteiger partial charge in [0, 0.05) is 6.42 Å². The van der Waals surface area contributed by atoms with Crippen LogP contribution in [0.15, 0.2) is 6.20 Å². The second kappa shape index (κ2) is 7.34. The molecule has 0 spiro atoms. The lowest BCUT2D eigenvalue weighted by atomic mass is 10.1. The van der Waals surface area contributed by atoms with Crippen molar-refractivity contribution < 1.29 is 9.53 Å². The Kier molecular flexibility index (Phi) is 5.92. The van der Waals surface area contributed by atoms with Gasteiger partial charge in [-0.05, 0) is 6.42 Å². The normalized spacial score (nSPS) is 10.2. The maximum atomic E-state index is 11.3. The standard InChI is InChI=1S/C10H16N2O2S/c1-2-3-4-5-6-7-10(13)14-9-8-11-15-12-9/h8H,2-7H2,1H3. The van der Waals surface area contributed by atoms with Gasteiger partial charge in [-0.15, -0.1) is 4.37 Å². The third-order valence-corrected chi connectivity index (χ3v) is 2.51. The Balaban J connectivity index is 2.04. The molecule has 0 aromatic carbocycles. The third-order valence-electron chi connectivity index (χ3n) is 2.04. The van der Waals surface area contributed by atoms with Crippen LogP contribution in [0, 0.1) is 0 Å². The van der Waals surface area contributed by atoms with E-state index in [0.29, 0.717) is 12.3 Å². The number of aromatic nitrogens is 2. The van der Waals surface area contributed by atoms with Crippen LogP contribution in [-0.4, -0.2) is 14.7 Å². The second-order valence-corrected chi connectivity index (χ2v) is 3.94. The van der Waals surface area contributed by atoms with Gasteiger partial charge in [0.05, 0.1) is 11.7 Å². The van der Waals surface area contributed by atoms with Crippen LogP contribution in [0.25, 0.3) is 0 Å². The predicted octanol–water partition coefficient (Wildman–Crippen LogP) is 2.80. The van der Waals surface area contributed by atoms with Gasteiger partial charge in [0.15, 0.2) is 0 Å². The summed E-state index contributed by atoms with van der Waals surface area (Å²) in [6, 6.07) is 0. The van der Waals surface area contributed by atoms with Crippen LogP contribution in [0.1, 0.15) is 45.4 Å². The van der Waals surface area contributed by atoms with Crippen molar-refractivity contribution in [1.82, 2.24) is 8.75 Å². The van der Waals surface area contributed by atoms with Crippen LogP contribution in [0.3, 0.4) is 0 Å². The number of carbonyl (C=O) groups excluding carboxylic acids is 1. The first kappa shape index (κ1) is 12.1. The van der Waals surface area contributed by atoms with E-state index in [0.717, 1.165) is 24.6 Å². The summed E-state index contributed by atoms with van der Waals surface area (Å²) in [7, 11) is 0. The lowest BCUT2D eigenvalue weighted by Crippen LogP contribution is -2.07. The van der Waals surface area contributed by atoms with Gasteiger partial charge in [-0.25, -0.2) is 0 Å². The van der Waals surface area contributed by atoms with Gasteiger partial charge in [0.1, 0.15) is 6.20 Å².